The molecule has 5 rings (SSSR count). The number of ether oxygens (including phenoxy) is 5. The summed E-state index contributed by atoms with van der Waals surface area (Å²) in [7, 11) is 0. The number of allylic oxidation sites excluding steroid dienone is 3. The Kier molecular flexibility index (Phi) is 7.19. The van der Waals surface area contributed by atoms with Crippen molar-refractivity contribution in [3.63, 3.8) is 0 Å². The van der Waals surface area contributed by atoms with Gasteiger partial charge in [0.25, 0.3) is 0 Å². The fraction of sp³-hybridized carbons (Fsp3) is 0.655. The summed E-state index contributed by atoms with van der Waals surface area (Å²) in [5.74, 6) is -1.11. The van der Waals surface area contributed by atoms with E-state index in [0.717, 1.165) is 17.6 Å². The number of carbonyl (C=O) groups excluding carboxylic acids is 2. The highest BCUT2D eigenvalue weighted by Gasteiger charge is 2.85. The van der Waals surface area contributed by atoms with Crippen molar-refractivity contribution in [1.29, 1.82) is 0 Å². The molecule has 208 valence electrons. The van der Waals surface area contributed by atoms with Crippen molar-refractivity contribution in [3.8, 4) is 0 Å². The van der Waals surface area contributed by atoms with Gasteiger partial charge in [0.2, 0.25) is 0 Å². The highest BCUT2D eigenvalue weighted by Crippen LogP contribution is 2.72. The molecule has 0 aromatic rings. The van der Waals surface area contributed by atoms with E-state index in [2.05, 4.69) is 0 Å². The molecule has 2 bridgehead atoms. The topological polar surface area (TPSA) is 124 Å². The van der Waals surface area contributed by atoms with E-state index in [9.17, 15) is 19.8 Å². The maximum Gasteiger partial charge on any atom is 0.331 e. The molecule has 2 aliphatic carbocycles. The molecule has 1 saturated carbocycles. The Labute approximate surface area is 223 Å². The van der Waals surface area contributed by atoms with Crippen LogP contribution in [0, 0.1) is 10.8 Å². The predicted octanol–water partition coefficient (Wildman–Crippen LogP) is 2.31. The van der Waals surface area contributed by atoms with Gasteiger partial charge in [-0.25, -0.2) is 9.59 Å². The van der Waals surface area contributed by atoms with Crippen LogP contribution in [0.5, 0.6) is 0 Å². The molecule has 2 saturated heterocycles. The Morgan fingerprint density at radius 3 is 2.53 bits per heavy atom. The molecule has 9 atom stereocenters. The molecular weight excluding hydrogens is 492 g/mol. The Bertz CT molecular complexity index is 1080. The van der Waals surface area contributed by atoms with Crippen LogP contribution in [0.3, 0.4) is 0 Å². The SMILES string of the molecule is CC1=CC(=O)OC[C@]23CCC(C)=C[C@H]2O[C@@H]2C(O)[C@@H](OC(=O)C=CC=C[C@H]([C@@H](C)O)OCC1)[C@@]3(C)[C@]21CO1. The van der Waals surface area contributed by atoms with Crippen LogP contribution in [-0.2, 0) is 33.3 Å². The third kappa shape index (κ3) is 4.29. The first-order chi connectivity index (χ1) is 18.0. The fourth-order valence-corrected chi connectivity index (χ4v) is 6.89. The van der Waals surface area contributed by atoms with Crippen LogP contribution < -0.4 is 0 Å². The minimum absolute atomic E-state index is 0.0261. The van der Waals surface area contributed by atoms with Crippen LogP contribution in [0.4, 0.5) is 0 Å². The van der Waals surface area contributed by atoms with Crippen molar-refractivity contribution >= 4 is 11.9 Å². The average Bonchev–Trinajstić information content (AvgIpc) is 3.64. The molecule has 3 aliphatic heterocycles. The van der Waals surface area contributed by atoms with Gasteiger partial charge in [0.1, 0.15) is 36.6 Å². The van der Waals surface area contributed by atoms with Crippen LogP contribution in [0.25, 0.3) is 0 Å². The lowest BCUT2D eigenvalue weighted by Crippen LogP contribution is -2.66. The molecular formula is C29H38O9. The smallest absolute Gasteiger partial charge is 0.331 e. The van der Waals surface area contributed by atoms with Crippen molar-refractivity contribution in [2.24, 2.45) is 10.8 Å². The number of carbonyl (C=O) groups is 2. The number of hydrogen-bond acceptors (Lipinski definition) is 9. The zero-order valence-corrected chi connectivity index (χ0v) is 22.4. The van der Waals surface area contributed by atoms with Crippen LogP contribution in [0.2, 0.25) is 0 Å². The summed E-state index contributed by atoms with van der Waals surface area (Å²) in [6.07, 6.45) is 6.92. The lowest BCUT2D eigenvalue weighted by atomic mass is 9.51. The molecule has 0 aromatic heterocycles. The van der Waals surface area contributed by atoms with Crippen LogP contribution in [0.1, 0.15) is 47.0 Å². The number of hydrogen-bond donors (Lipinski definition) is 2. The van der Waals surface area contributed by atoms with Crippen LogP contribution >= 0.6 is 0 Å². The molecule has 3 heterocycles. The zero-order chi connectivity index (χ0) is 27.3. The quantitative estimate of drug-likeness (QED) is 0.299. The van der Waals surface area contributed by atoms with E-state index in [-0.39, 0.29) is 6.61 Å². The van der Waals surface area contributed by atoms with Gasteiger partial charge in [-0.1, -0.05) is 42.4 Å². The Morgan fingerprint density at radius 1 is 1.05 bits per heavy atom. The molecule has 0 amide bonds. The second-order valence-corrected chi connectivity index (χ2v) is 11.5. The molecule has 2 spiro atoms. The zero-order valence-electron chi connectivity index (χ0n) is 22.4. The van der Waals surface area contributed by atoms with Gasteiger partial charge in [0.05, 0.1) is 30.8 Å². The monoisotopic (exact) mass is 530 g/mol. The lowest BCUT2D eigenvalue weighted by molar-refractivity contribution is -0.232. The first-order valence-electron chi connectivity index (χ1n) is 13.4. The Morgan fingerprint density at radius 2 is 1.82 bits per heavy atom. The highest BCUT2D eigenvalue weighted by atomic mass is 16.7. The Hall–Kier alpha value is -2.30. The molecule has 5 aliphatic rings. The maximum atomic E-state index is 13.0. The van der Waals surface area contributed by atoms with Crippen LogP contribution in [0.15, 0.2) is 47.6 Å². The molecule has 2 N–H and O–H groups in total. The Balaban J connectivity index is 1.54. The number of cyclic esters (lactones) is 1. The van der Waals surface area contributed by atoms with Gasteiger partial charge in [-0.3, -0.25) is 0 Å². The van der Waals surface area contributed by atoms with E-state index >= 15 is 0 Å². The van der Waals surface area contributed by atoms with E-state index in [1.165, 1.54) is 18.2 Å². The van der Waals surface area contributed by atoms with Gasteiger partial charge in [-0.15, -0.1) is 0 Å². The standard InChI is InChI=1S/C29H38O9/c1-17-9-11-28-15-35-23(32)14-18(2)10-12-34-20(19(3)30)7-5-6-8-22(31)38-25-24(33)26(37-21(28)13-17)29(16-36-29)27(25,28)4/h5-8,13-14,19-21,24-26,30,33H,9-12,15-16H2,1-4H3/t19-,20-,21-,24?,25-,26-,27-,28-,29+/m1/s1. The van der Waals surface area contributed by atoms with Crippen molar-refractivity contribution in [3.05, 3.63) is 47.6 Å². The van der Waals surface area contributed by atoms with Gasteiger partial charge < -0.3 is 33.9 Å². The second kappa shape index (κ2) is 10.0. The van der Waals surface area contributed by atoms with E-state index in [1.54, 1.807) is 19.1 Å². The fourth-order valence-electron chi connectivity index (χ4n) is 6.89. The van der Waals surface area contributed by atoms with E-state index in [0.29, 0.717) is 26.1 Å². The minimum Gasteiger partial charge on any atom is -0.462 e. The van der Waals surface area contributed by atoms with Crippen LogP contribution in [-0.4, -0.2) is 84.2 Å². The molecule has 1 unspecified atom stereocenters. The predicted molar refractivity (Wildman–Crippen MR) is 136 cm³/mol. The number of rotatable bonds is 1. The molecule has 0 aromatic carbocycles. The molecule has 3 fully saturated rings. The summed E-state index contributed by atoms with van der Waals surface area (Å²) in [4.78, 5) is 25.9. The normalized spacial score (nSPS) is 44.2. The summed E-state index contributed by atoms with van der Waals surface area (Å²) in [5, 5.41) is 21.5. The number of aliphatic hydroxyl groups excluding tert-OH is 2. The number of esters is 2. The third-order valence-electron chi connectivity index (χ3n) is 9.26. The van der Waals surface area contributed by atoms with Gasteiger partial charge in [-0.05, 0) is 40.0 Å². The van der Waals surface area contributed by atoms with Crippen molar-refractivity contribution in [2.45, 2.75) is 89.2 Å². The average molecular weight is 531 g/mol. The second-order valence-electron chi connectivity index (χ2n) is 11.5. The molecule has 38 heavy (non-hydrogen) atoms. The molecule has 9 heteroatoms. The lowest BCUT2D eigenvalue weighted by Gasteiger charge is -2.58. The summed E-state index contributed by atoms with van der Waals surface area (Å²) in [6.45, 7) is 8.14. The molecule has 9 nitrogen and oxygen atoms in total. The summed E-state index contributed by atoms with van der Waals surface area (Å²) < 4.78 is 30.1. The maximum absolute atomic E-state index is 13.0. The number of epoxide rings is 1. The molecule has 0 radical (unpaired) electrons. The van der Waals surface area contributed by atoms with Gasteiger partial charge in [-0.2, -0.15) is 0 Å². The van der Waals surface area contributed by atoms with Gasteiger partial charge >= 0.3 is 11.9 Å². The van der Waals surface area contributed by atoms with E-state index in [4.69, 9.17) is 23.7 Å². The summed E-state index contributed by atoms with van der Waals surface area (Å²) in [6, 6.07) is 0. The van der Waals surface area contributed by atoms with Crippen molar-refractivity contribution in [2.75, 3.05) is 19.8 Å². The first-order valence-corrected chi connectivity index (χ1v) is 13.4. The summed E-state index contributed by atoms with van der Waals surface area (Å²) >= 11 is 0. The third-order valence-corrected chi connectivity index (χ3v) is 9.26. The largest absolute Gasteiger partial charge is 0.462 e. The number of aliphatic hydroxyl groups is 2. The van der Waals surface area contributed by atoms with Crippen molar-refractivity contribution < 1.29 is 43.5 Å². The van der Waals surface area contributed by atoms with Gasteiger partial charge in [0, 0.05) is 17.6 Å². The minimum atomic E-state index is -1.11. The van der Waals surface area contributed by atoms with E-state index in [1.807, 2.05) is 26.8 Å². The van der Waals surface area contributed by atoms with Gasteiger partial charge in [0.15, 0.2) is 0 Å². The summed E-state index contributed by atoms with van der Waals surface area (Å²) in [5.41, 5.74) is -0.543. The van der Waals surface area contributed by atoms with Crippen molar-refractivity contribution in [1.82, 2.24) is 0 Å². The highest BCUT2D eigenvalue weighted by molar-refractivity contribution is 5.83. The van der Waals surface area contributed by atoms with E-state index < -0.39 is 65.0 Å². The first kappa shape index (κ1) is 27.3.